The third kappa shape index (κ3) is 6.04. The number of nitrogens with one attached hydrogen (secondary N) is 2. The third-order valence-electron chi connectivity index (χ3n) is 6.93. The van der Waals surface area contributed by atoms with Crippen molar-refractivity contribution in [3.8, 4) is 5.75 Å². The maximum absolute atomic E-state index is 13.7. The van der Waals surface area contributed by atoms with Gasteiger partial charge in [-0.15, -0.1) is 0 Å². The van der Waals surface area contributed by atoms with Gasteiger partial charge < -0.3 is 14.6 Å². The molecule has 3 aromatic carbocycles. The quantitative estimate of drug-likeness (QED) is 0.114. The molecule has 3 N–H and O–H groups in total. The summed E-state index contributed by atoms with van der Waals surface area (Å²) in [6.45, 7) is 0.512. The number of aliphatic imine (C=N–C) groups is 1. The lowest BCUT2D eigenvalue weighted by Gasteiger charge is -2.25. The fraction of sp³-hybridized carbons (Fsp3) is 0.310. The number of hydrazine groups is 1. The molecule has 10 heteroatoms. The largest absolute Gasteiger partial charge is 0.494 e. The molecule has 200 valence electrons. The van der Waals surface area contributed by atoms with E-state index in [0.717, 1.165) is 12.8 Å². The molecule has 0 aromatic heterocycles. The number of aliphatic hydroxyl groups excluding tert-OH is 1. The van der Waals surface area contributed by atoms with Crippen LogP contribution in [0.2, 0.25) is 0 Å². The van der Waals surface area contributed by atoms with E-state index in [1.54, 1.807) is 24.3 Å². The fourth-order valence-electron chi connectivity index (χ4n) is 4.90. The van der Waals surface area contributed by atoms with Gasteiger partial charge in [-0.2, -0.15) is 0 Å². The van der Waals surface area contributed by atoms with Crippen molar-refractivity contribution in [2.75, 3.05) is 19.8 Å². The highest BCUT2D eigenvalue weighted by Crippen LogP contribution is 2.31. The molecule has 3 aromatic rings. The summed E-state index contributed by atoms with van der Waals surface area (Å²) >= 11 is 0. The molecule has 5 rings (SSSR count). The van der Waals surface area contributed by atoms with E-state index in [9.17, 15) is 4.79 Å². The second-order valence-electron chi connectivity index (χ2n) is 9.65. The Kier molecular flexibility index (Phi) is 8.07. The monoisotopic (exact) mass is 526 g/mol. The molecular formula is C29H30N6O4. The van der Waals surface area contributed by atoms with Crippen LogP contribution in [-0.4, -0.2) is 48.3 Å². The minimum absolute atomic E-state index is 0.0279. The molecule has 1 atom stereocenters. The summed E-state index contributed by atoms with van der Waals surface area (Å²) in [6.07, 6.45) is 2.38. The first-order valence-electron chi connectivity index (χ1n) is 12.9. The Morgan fingerprint density at radius 2 is 1.82 bits per heavy atom. The van der Waals surface area contributed by atoms with Gasteiger partial charge >= 0.3 is 0 Å². The van der Waals surface area contributed by atoms with Crippen LogP contribution in [0.25, 0.3) is 10.4 Å². The molecule has 0 bridgehead atoms. The number of benzene rings is 3. The zero-order valence-electron chi connectivity index (χ0n) is 21.4. The molecule has 0 fully saturated rings. The van der Waals surface area contributed by atoms with Gasteiger partial charge in [0.1, 0.15) is 12.4 Å². The van der Waals surface area contributed by atoms with Gasteiger partial charge in [-0.3, -0.25) is 10.2 Å². The Morgan fingerprint density at radius 3 is 2.54 bits per heavy atom. The van der Waals surface area contributed by atoms with Crippen LogP contribution < -0.4 is 15.6 Å². The van der Waals surface area contributed by atoms with Gasteiger partial charge in [0.25, 0.3) is 5.91 Å². The van der Waals surface area contributed by atoms with Crippen LogP contribution in [0.1, 0.15) is 28.7 Å². The first-order chi connectivity index (χ1) is 19.1. The van der Waals surface area contributed by atoms with Crippen LogP contribution in [0, 0.1) is 0 Å². The van der Waals surface area contributed by atoms with E-state index < -0.39 is 5.54 Å². The Balaban J connectivity index is 1.37. The van der Waals surface area contributed by atoms with Gasteiger partial charge in [0.2, 0.25) is 5.90 Å². The first-order valence-corrected chi connectivity index (χ1v) is 12.9. The van der Waals surface area contributed by atoms with E-state index in [1.165, 1.54) is 11.1 Å². The molecule has 1 heterocycles. The highest BCUT2D eigenvalue weighted by Gasteiger charge is 2.45. The summed E-state index contributed by atoms with van der Waals surface area (Å²) in [6, 6.07) is 22.7. The average molecular weight is 527 g/mol. The summed E-state index contributed by atoms with van der Waals surface area (Å²) in [5.74, 6) is 0.689. The Labute approximate surface area is 226 Å². The van der Waals surface area contributed by atoms with E-state index in [2.05, 4.69) is 33.0 Å². The molecular weight excluding hydrogens is 496 g/mol. The fourth-order valence-corrected chi connectivity index (χ4v) is 4.90. The number of azide groups is 1. The van der Waals surface area contributed by atoms with Gasteiger partial charge in [-0.1, -0.05) is 53.6 Å². The minimum Gasteiger partial charge on any atom is -0.494 e. The van der Waals surface area contributed by atoms with Crippen LogP contribution in [0.3, 0.4) is 0 Å². The molecule has 0 radical (unpaired) electrons. The third-order valence-corrected chi connectivity index (χ3v) is 6.93. The van der Waals surface area contributed by atoms with Gasteiger partial charge in [0.05, 0.1) is 6.61 Å². The van der Waals surface area contributed by atoms with Crippen molar-refractivity contribution in [3.63, 3.8) is 0 Å². The summed E-state index contributed by atoms with van der Waals surface area (Å²) in [5, 5.41) is 12.7. The summed E-state index contributed by atoms with van der Waals surface area (Å²) < 4.78 is 11.6. The molecule has 0 saturated carbocycles. The SMILES string of the molecule is [N-]=[N+]=Nc1ccccc1C[C@@]1(C(=O)NNC2Cc3ccccc3C2)COC(c2ccc(OCCCO)cc2)=N1. The number of ether oxygens (including phenoxy) is 2. The summed E-state index contributed by atoms with van der Waals surface area (Å²) in [5.41, 5.74) is 18.3. The highest BCUT2D eigenvalue weighted by molar-refractivity contribution is 6.00. The molecule has 10 nitrogen and oxygen atoms in total. The number of hydrogen-bond donors (Lipinski definition) is 3. The van der Waals surface area contributed by atoms with Crippen molar-refractivity contribution in [2.45, 2.75) is 37.3 Å². The zero-order valence-corrected chi connectivity index (χ0v) is 21.4. The lowest BCUT2D eigenvalue weighted by atomic mass is 9.91. The van der Waals surface area contributed by atoms with Gasteiger partial charge in [0, 0.05) is 41.7 Å². The first kappa shape index (κ1) is 26.2. The molecule has 1 aliphatic carbocycles. The van der Waals surface area contributed by atoms with Crippen molar-refractivity contribution in [1.29, 1.82) is 0 Å². The summed E-state index contributed by atoms with van der Waals surface area (Å²) in [4.78, 5) is 21.5. The number of aliphatic hydroxyl groups is 1. The number of rotatable bonds is 11. The number of amides is 1. The minimum atomic E-state index is -1.27. The van der Waals surface area contributed by atoms with Gasteiger partial charge in [-0.25, -0.2) is 10.4 Å². The van der Waals surface area contributed by atoms with E-state index in [1.807, 2.05) is 36.4 Å². The Morgan fingerprint density at radius 1 is 1.10 bits per heavy atom. The predicted octanol–water partition coefficient (Wildman–Crippen LogP) is 3.94. The predicted molar refractivity (Wildman–Crippen MR) is 147 cm³/mol. The topological polar surface area (TPSA) is 141 Å². The Bertz CT molecular complexity index is 1380. The zero-order chi connectivity index (χ0) is 27.1. The second kappa shape index (κ2) is 12.0. The van der Waals surface area contributed by atoms with Gasteiger partial charge in [0.15, 0.2) is 5.54 Å². The Hall–Kier alpha value is -4.37. The maximum atomic E-state index is 13.7. The summed E-state index contributed by atoms with van der Waals surface area (Å²) in [7, 11) is 0. The van der Waals surface area contributed by atoms with Crippen molar-refractivity contribution in [2.24, 2.45) is 10.1 Å². The molecule has 0 saturated heterocycles. The van der Waals surface area contributed by atoms with Crippen LogP contribution in [0.5, 0.6) is 5.75 Å². The van der Waals surface area contributed by atoms with Crippen LogP contribution in [-0.2, 0) is 28.8 Å². The number of carbonyl (C=O) groups is 1. The maximum Gasteiger partial charge on any atom is 0.266 e. The van der Waals surface area contributed by atoms with E-state index >= 15 is 0 Å². The smallest absolute Gasteiger partial charge is 0.266 e. The average Bonchev–Trinajstić information content (AvgIpc) is 3.58. The molecule has 1 amide bonds. The van der Waals surface area contributed by atoms with E-state index in [0.29, 0.717) is 41.5 Å². The molecule has 39 heavy (non-hydrogen) atoms. The standard InChI is InChI=1S/C29H30N6O4/c30-35-33-26-9-4-3-8-23(26)18-29(28(37)34-32-24-16-21-6-1-2-7-22(21)17-24)19-39-27(31-29)20-10-12-25(13-11-20)38-15-5-14-36/h1-4,6-13,24,32,36H,5,14-19H2,(H,34,37)/t29-/m0/s1. The normalized spacial score (nSPS) is 18.0. The molecule has 2 aliphatic rings. The number of nitrogens with zero attached hydrogens (tertiary/aromatic N) is 4. The molecule has 1 aliphatic heterocycles. The van der Waals surface area contributed by atoms with Crippen molar-refractivity contribution in [1.82, 2.24) is 10.9 Å². The van der Waals surface area contributed by atoms with Gasteiger partial charge in [-0.05, 0) is 59.3 Å². The van der Waals surface area contributed by atoms with Crippen molar-refractivity contribution < 1.29 is 19.4 Å². The molecule has 0 unspecified atom stereocenters. The van der Waals surface area contributed by atoms with Crippen molar-refractivity contribution >= 4 is 17.5 Å². The lowest BCUT2D eigenvalue weighted by molar-refractivity contribution is -0.128. The van der Waals surface area contributed by atoms with Crippen LogP contribution in [0.4, 0.5) is 5.69 Å². The van der Waals surface area contributed by atoms with Crippen LogP contribution in [0.15, 0.2) is 82.9 Å². The van der Waals surface area contributed by atoms with Crippen LogP contribution >= 0.6 is 0 Å². The van der Waals surface area contributed by atoms with E-state index in [4.69, 9.17) is 25.1 Å². The number of fused-ring (bicyclic) bond motifs is 1. The number of hydrogen-bond acceptors (Lipinski definition) is 7. The molecule has 0 spiro atoms. The van der Waals surface area contributed by atoms with E-state index in [-0.39, 0.29) is 31.6 Å². The lowest BCUT2D eigenvalue weighted by Crippen LogP contribution is -2.55. The highest BCUT2D eigenvalue weighted by atomic mass is 16.5. The van der Waals surface area contributed by atoms with Crippen molar-refractivity contribution in [3.05, 3.63) is 105 Å². The number of carbonyl (C=O) groups excluding carboxylic acids is 1. The second-order valence-corrected chi connectivity index (χ2v) is 9.65.